The maximum atomic E-state index is 6.01. The molecule has 1 saturated heterocycles. The molecular weight excluding hydrogens is 356 g/mol. The van der Waals surface area contributed by atoms with Crippen molar-refractivity contribution >= 4 is 33.6 Å². The van der Waals surface area contributed by atoms with E-state index in [4.69, 9.17) is 11.6 Å². The second-order valence-electron chi connectivity index (χ2n) is 7.26. The van der Waals surface area contributed by atoms with Crippen molar-refractivity contribution < 1.29 is 4.90 Å². The van der Waals surface area contributed by atoms with Crippen LogP contribution < -0.4 is 9.80 Å². The molecule has 1 N–H and O–H groups in total. The van der Waals surface area contributed by atoms with Gasteiger partial charge in [0.1, 0.15) is 6.54 Å². The molecule has 3 heterocycles. The molecule has 0 atom stereocenters. The quantitative estimate of drug-likeness (QED) is 0.593. The van der Waals surface area contributed by atoms with Crippen LogP contribution in [0.1, 0.15) is 5.56 Å². The highest BCUT2D eigenvalue weighted by molar-refractivity contribution is 6.30. The Hall–Kier alpha value is -2.56. The number of fused-ring (bicyclic) bond motifs is 3. The molecule has 136 valence electrons. The fraction of sp³-hybridized carbons (Fsp3) is 0.227. The molecule has 4 nitrogen and oxygen atoms in total. The van der Waals surface area contributed by atoms with E-state index in [0.717, 1.165) is 37.7 Å². The Morgan fingerprint density at radius 3 is 2.56 bits per heavy atom. The Balaban J connectivity index is 1.35. The topological polar surface area (TPSA) is 25.0 Å². The summed E-state index contributed by atoms with van der Waals surface area (Å²) in [6.45, 7) is 5.41. The van der Waals surface area contributed by atoms with E-state index in [-0.39, 0.29) is 0 Å². The van der Waals surface area contributed by atoms with Crippen molar-refractivity contribution in [2.24, 2.45) is 0 Å². The molecule has 2 aromatic carbocycles. The maximum Gasteiger partial charge on any atom is 0.107 e. The minimum atomic E-state index is 0.795. The van der Waals surface area contributed by atoms with Gasteiger partial charge < -0.3 is 9.80 Å². The van der Waals surface area contributed by atoms with Gasteiger partial charge in [-0.05, 0) is 35.7 Å². The summed E-state index contributed by atoms with van der Waals surface area (Å²) >= 11 is 6.01. The van der Waals surface area contributed by atoms with Crippen molar-refractivity contribution in [2.75, 3.05) is 31.1 Å². The Labute approximate surface area is 163 Å². The summed E-state index contributed by atoms with van der Waals surface area (Å²) in [6.07, 6.45) is 4.11. The molecule has 0 saturated carbocycles. The molecule has 0 bridgehead atoms. The van der Waals surface area contributed by atoms with Crippen LogP contribution in [0.5, 0.6) is 0 Å². The number of hydrogen-bond acceptors (Lipinski definition) is 2. The lowest BCUT2D eigenvalue weighted by molar-refractivity contribution is -0.914. The van der Waals surface area contributed by atoms with Crippen molar-refractivity contribution in [3.8, 4) is 0 Å². The molecule has 1 fully saturated rings. The van der Waals surface area contributed by atoms with E-state index in [9.17, 15) is 0 Å². The monoisotopic (exact) mass is 377 g/mol. The molecule has 0 aliphatic carbocycles. The van der Waals surface area contributed by atoms with Crippen LogP contribution in [-0.2, 0) is 6.54 Å². The van der Waals surface area contributed by atoms with Crippen LogP contribution in [0.2, 0.25) is 5.02 Å². The third-order valence-electron chi connectivity index (χ3n) is 5.59. The fourth-order valence-electron chi connectivity index (χ4n) is 4.12. The molecule has 1 aliphatic rings. The first-order valence-corrected chi connectivity index (χ1v) is 9.84. The number of hydrogen-bond donors (Lipinski definition) is 1. The number of quaternary nitrogens is 1. The van der Waals surface area contributed by atoms with E-state index < -0.39 is 0 Å². The number of nitrogens with zero attached hydrogens (tertiary/aromatic N) is 3. The third kappa shape index (κ3) is 3.15. The molecular formula is C22H22ClN4+. The summed E-state index contributed by atoms with van der Waals surface area (Å²) < 4.78 is 2.01. The Morgan fingerprint density at radius 2 is 1.74 bits per heavy atom. The Bertz CT molecular complexity index is 1080. The normalized spacial score (nSPS) is 15.7. The smallest absolute Gasteiger partial charge is 0.107 e. The van der Waals surface area contributed by atoms with Crippen LogP contribution in [-0.4, -0.2) is 35.8 Å². The van der Waals surface area contributed by atoms with Gasteiger partial charge >= 0.3 is 0 Å². The van der Waals surface area contributed by atoms with Gasteiger partial charge in [0.25, 0.3) is 0 Å². The lowest BCUT2D eigenvalue weighted by atomic mass is 10.1. The summed E-state index contributed by atoms with van der Waals surface area (Å²) in [6, 6.07) is 18.9. The summed E-state index contributed by atoms with van der Waals surface area (Å²) in [5, 5.41) is 7.94. The van der Waals surface area contributed by atoms with Crippen LogP contribution in [0, 0.1) is 0 Å². The van der Waals surface area contributed by atoms with Crippen LogP contribution in [0.3, 0.4) is 0 Å². The minimum Gasteiger partial charge on any atom is -0.360 e. The summed E-state index contributed by atoms with van der Waals surface area (Å²) in [7, 11) is 0. The zero-order valence-electron chi connectivity index (χ0n) is 15.1. The molecule has 5 heteroatoms. The predicted molar refractivity (Wildman–Crippen MR) is 111 cm³/mol. The predicted octanol–water partition coefficient (Wildman–Crippen LogP) is 3.05. The zero-order valence-corrected chi connectivity index (χ0v) is 15.9. The van der Waals surface area contributed by atoms with Crippen molar-refractivity contribution in [3.05, 3.63) is 77.6 Å². The maximum absolute atomic E-state index is 6.01. The number of pyridine rings is 1. The lowest BCUT2D eigenvalue weighted by Gasteiger charge is -2.33. The van der Waals surface area contributed by atoms with E-state index in [0.29, 0.717) is 0 Å². The zero-order chi connectivity index (χ0) is 18.2. The second-order valence-corrected chi connectivity index (χ2v) is 7.69. The van der Waals surface area contributed by atoms with Crippen molar-refractivity contribution in [1.82, 2.24) is 9.61 Å². The third-order valence-corrected chi connectivity index (χ3v) is 5.84. The number of anilines is 1. The first-order valence-electron chi connectivity index (χ1n) is 9.46. The van der Waals surface area contributed by atoms with Crippen LogP contribution in [0.4, 0.5) is 5.69 Å². The number of nitrogens with one attached hydrogen (secondary N) is 1. The average molecular weight is 378 g/mol. The highest BCUT2D eigenvalue weighted by atomic mass is 35.5. The standard InChI is InChI=1S/C22H21ClN4/c23-19-5-7-20(8-6-19)26-13-11-25(12-14-26)16-18-15-24-27-10-9-17-3-1-2-4-21(17)22(18)27/h1-10,15H,11-14,16H2/p+1. The van der Waals surface area contributed by atoms with Crippen molar-refractivity contribution in [1.29, 1.82) is 0 Å². The first kappa shape index (κ1) is 16.6. The molecule has 2 aromatic heterocycles. The molecule has 5 rings (SSSR count). The van der Waals surface area contributed by atoms with E-state index in [2.05, 4.69) is 58.7 Å². The number of halogens is 1. The van der Waals surface area contributed by atoms with Gasteiger partial charge in [0, 0.05) is 22.3 Å². The molecule has 4 aromatic rings. The van der Waals surface area contributed by atoms with Crippen molar-refractivity contribution in [3.63, 3.8) is 0 Å². The van der Waals surface area contributed by atoms with Gasteiger partial charge in [-0.3, -0.25) is 0 Å². The highest BCUT2D eigenvalue weighted by Gasteiger charge is 2.22. The second kappa shape index (κ2) is 6.87. The number of benzene rings is 2. The van der Waals surface area contributed by atoms with Gasteiger partial charge in [0.05, 0.1) is 43.5 Å². The van der Waals surface area contributed by atoms with Gasteiger partial charge in [-0.2, -0.15) is 5.10 Å². The van der Waals surface area contributed by atoms with E-state index >= 15 is 0 Å². The fourth-order valence-corrected chi connectivity index (χ4v) is 4.25. The number of rotatable bonds is 3. The minimum absolute atomic E-state index is 0.795. The first-order chi connectivity index (χ1) is 13.3. The molecule has 0 unspecified atom stereocenters. The van der Waals surface area contributed by atoms with E-state index in [1.165, 1.54) is 27.5 Å². The number of piperazine rings is 1. The average Bonchev–Trinajstić information content (AvgIpc) is 3.13. The lowest BCUT2D eigenvalue weighted by Crippen LogP contribution is -3.13. The van der Waals surface area contributed by atoms with E-state index in [1.807, 2.05) is 22.8 Å². The molecule has 27 heavy (non-hydrogen) atoms. The van der Waals surface area contributed by atoms with Crippen LogP contribution >= 0.6 is 11.6 Å². The Morgan fingerprint density at radius 1 is 0.963 bits per heavy atom. The Kier molecular flexibility index (Phi) is 4.23. The van der Waals surface area contributed by atoms with Crippen LogP contribution in [0.15, 0.2) is 67.0 Å². The van der Waals surface area contributed by atoms with Crippen LogP contribution in [0.25, 0.3) is 16.3 Å². The van der Waals surface area contributed by atoms with Gasteiger partial charge in [0.2, 0.25) is 0 Å². The molecule has 1 aliphatic heterocycles. The van der Waals surface area contributed by atoms with Crippen molar-refractivity contribution in [2.45, 2.75) is 6.54 Å². The highest BCUT2D eigenvalue weighted by Crippen LogP contribution is 2.22. The van der Waals surface area contributed by atoms with Gasteiger partial charge in [-0.15, -0.1) is 0 Å². The summed E-state index contributed by atoms with van der Waals surface area (Å²) in [5.74, 6) is 0. The SMILES string of the molecule is Clc1ccc(N2CC[NH+](Cc3cnn4ccc5ccccc5c34)CC2)cc1. The van der Waals surface area contributed by atoms with Gasteiger partial charge in [0.15, 0.2) is 0 Å². The molecule has 0 spiro atoms. The molecule has 0 radical (unpaired) electrons. The van der Waals surface area contributed by atoms with E-state index in [1.54, 1.807) is 4.90 Å². The van der Waals surface area contributed by atoms with Gasteiger partial charge in [-0.1, -0.05) is 35.9 Å². The number of aromatic nitrogens is 2. The van der Waals surface area contributed by atoms with Gasteiger partial charge in [-0.25, -0.2) is 4.52 Å². The summed E-state index contributed by atoms with van der Waals surface area (Å²) in [4.78, 5) is 4.06. The largest absolute Gasteiger partial charge is 0.360 e. The summed E-state index contributed by atoms with van der Waals surface area (Å²) in [5.41, 5.74) is 3.85. The molecule has 0 amide bonds.